The number of aryl methyl sites for hydroxylation is 1. The van der Waals surface area contributed by atoms with Crippen molar-refractivity contribution in [2.45, 2.75) is 25.9 Å². The maximum absolute atomic E-state index is 12.5. The molecular formula is C15H19NO4. The van der Waals surface area contributed by atoms with E-state index in [9.17, 15) is 9.59 Å². The van der Waals surface area contributed by atoms with Gasteiger partial charge in [0.15, 0.2) is 0 Å². The molecule has 0 aromatic heterocycles. The van der Waals surface area contributed by atoms with Crippen LogP contribution in [0.25, 0.3) is 0 Å². The first kappa shape index (κ1) is 14.5. The number of hydrogen-bond acceptors (Lipinski definition) is 3. The zero-order chi connectivity index (χ0) is 14.7. The highest BCUT2D eigenvalue weighted by Crippen LogP contribution is 2.17. The number of likely N-dealkylation sites (tertiary alicyclic amines) is 1. The fourth-order valence-electron chi connectivity index (χ4n) is 2.53. The van der Waals surface area contributed by atoms with Crippen molar-refractivity contribution in [1.29, 1.82) is 0 Å². The van der Waals surface area contributed by atoms with Gasteiger partial charge in [-0.05, 0) is 43.5 Å². The van der Waals surface area contributed by atoms with Crippen molar-refractivity contribution < 1.29 is 19.4 Å². The Balaban J connectivity index is 2.22. The highest BCUT2D eigenvalue weighted by molar-refractivity contribution is 5.97. The third-order valence-electron chi connectivity index (χ3n) is 3.57. The van der Waals surface area contributed by atoms with Crippen LogP contribution in [0, 0.1) is 6.92 Å². The first-order chi connectivity index (χ1) is 9.51. The van der Waals surface area contributed by atoms with E-state index >= 15 is 0 Å². The van der Waals surface area contributed by atoms with Crippen LogP contribution < -0.4 is 0 Å². The van der Waals surface area contributed by atoms with Gasteiger partial charge in [-0.15, -0.1) is 0 Å². The van der Waals surface area contributed by atoms with Crippen molar-refractivity contribution in [3.8, 4) is 0 Å². The van der Waals surface area contributed by atoms with Gasteiger partial charge in [0.1, 0.15) is 0 Å². The molecule has 1 N–H and O–H groups in total. The van der Waals surface area contributed by atoms with E-state index in [1.54, 1.807) is 31.1 Å². The highest BCUT2D eigenvalue weighted by atomic mass is 16.5. The van der Waals surface area contributed by atoms with Crippen molar-refractivity contribution in [3.05, 3.63) is 34.9 Å². The van der Waals surface area contributed by atoms with Gasteiger partial charge in [-0.3, -0.25) is 4.79 Å². The summed E-state index contributed by atoms with van der Waals surface area (Å²) >= 11 is 0. The number of benzene rings is 1. The molecule has 1 unspecified atom stereocenters. The number of methoxy groups -OCH3 is 1. The van der Waals surface area contributed by atoms with Gasteiger partial charge in [-0.25, -0.2) is 4.79 Å². The number of carbonyl (C=O) groups excluding carboxylic acids is 1. The lowest BCUT2D eigenvalue weighted by Crippen LogP contribution is -2.42. The maximum Gasteiger partial charge on any atom is 0.335 e. The highest BCUT2D eigenvalue weighted by Gasteiger charge is 2.24. The number of amides is 1. The smallest absolute Gasteiger partial charge is 0.335 e. The molecule has 1 saturated heterocycles. The summed E-state index contributed by atoms with van der Waals surface area (Å²) in [7, 11) is 1.65. The summed E-state index contributed by atoms with van der Waals surface area (Å²) in [6.45, 7) is 3.04. The van der Waals surface area contributed by atoms with Crippen molar-refractivity contribution in [2.75, 3.05) is 20.2 Å². The summed E-state index contributed by atoms with van der Waals surface area (Å²) in [5.74, 6) is -1.14. The van der Waals surface area contributed by atoms with E-state index in [0.717, 1.165) is 18.4 Å². The van der Waals surface area contributed by atoms with Crippen LogP contribution in [0.5, 0.6) is 0 Å². The average Bonchev–Trinajstić information content (AvgIpc) is 2.45. The molecule has 20 heavy (non-hydrogen) atoms. The van der Waals surface area contributed by atoms with Gasteiger partial charge in [-0.1, -0.05) is 0 Å². The Morgan fingerprint density at radius 1 is 1.30 bits per heavy atom. The van der Waals surface area contributed by atoms with Crippen molar-refractivity contribution in [1.82, 2.24) is 4.90 Å². The molecule has 1 aliphatic heterocycles. The SMILES string of the molecule is COC1CCCN(C(=O)c2cc(C)cc(C(=O)O)c2)C1. The number of carboxylic acids is 1. The third-order valence-corrected chi connectivity index (χ3v) is 3.57. The Morgan fingerprint density at radius 2 is 2.00 bits per heavy atom. The summed E-state index contributed by atoms with van der Waals surface area (Å²) < 4.78 is 5.31. The Morgan fingerprint density at radius 3 is 2.65 bits per heavy atom. The van der Waals surface area contributed by atoms with Crippen LogP contribution in [0.4, 0.5) is 0 Å². The number of carbonyl (C=O) groups is 2. The van der Waals surface area contributed by atoms with Crippen LogP contribution >= 0.6 is 0 Å². The minimum Gasteiger partial charge on any atom is -0.478 e. The molecule has 108 valence electrons. The predicted molar refractivity (Wildman–Crippen MR) is 74.1 cm³/mol. The van der Waals surface area contributed by atoms with Crippen molar-refractivity contribution in [2.24, 2.45) is 0 Å². The predicted octanol–water partition coefficient (Wildman–Crippen LogP) is 1.94. The molecule has 1 aromatic rings. The van der Waals surface area contributed by atoms with Gasteiger partial charge in [0.2, 0.25) is 0 Å². The average molecular weight is 277 g/mol. The van der Waals surface area contributed by atoms with Crippen LogP contribution in [0.15, 0.2) is 18.2 Å². The van der Waals surface area contributed by atoms with Crippen molar-refractivity contribution in [3.63, 3.8) is 0 Å². The van der Waals surface area contributed by atoms with Gasteiger partial charge >= 0.3 is 5.97 Å². The molecule has 1 amide bonds. The van der Waals surface area contributed by atoms with Gasteiger partial charge in [-0.2, -0.15) is 0 Å². The van der Waals surface area contributed by atoms with E-state index in [4.69, 9.17) is 9.84 Å². The standard InChI is InChI=1S/C15H19NO4/c1-10-6-11(8-12(7-10)15(18)19)14(17)16-5-3-4-13(9-16)20-2/h6-8,13H,3-5,9H2,1-2H3,(H,18,19). The van der Waals surface area contributed by atoms with E-state index in [1.165, 1.54) is 6.07 Å². The number of aromatic carboxylic acids is 1. The normalized spacial score (nSPS) is 18.9. The van der Waals surface area contributed by atoms with Gasteiger partial charge < -0.3 is 14.7 Å². The molecule has 1 aliphatic rings. The van der Waals surface area contributed by atoms with Gasteiger partial charge in [0.05, 0.1) is 11.7 Å². The van der Waals surface area contributed by atoms with Gasteiger partial charge in [0, 0.05) is 25.8 Å². The molecule has 0 spiro atoms. The van der Waals surface area contributed by atoms with Crippen molar-refractivity contribution >= 4 is 11.9 Å². The number of ether oxygens (including phenoxy) is 1. The first-order valence-electron chi connectivity index (χ1n) is 6.68. The second-order valence-corrected chi connectivity index (χ2v) is 5.14. The third kappa shape index (κ3) is 3.17. The number of carboxylic acid groups (broad SMARTS) is 1. The quantitative estimate of drug-likeness (QED) is 0.917. The van der Waals surface area contributed by atoms with E-state index in [-0.39, 0.29) is 17.6 Å². The molecule has 1 heterocycles. The molecule has 5 nitrogen and oxygen atoms in total. The summed E-state index contributed by atoms with van der Waals surface area (Å²) in [5, 5.41) is 9.06. The molecule has 2 rings (SSSR count). The second kappa shape index (κ2) is 6.05. The Kier molecular flexibility index (Phi) is 4.39. The maximum atomic E-state index is 12.5. The minimum atomic E-state index is -1.02. The number of nitrogens with zero attached hydrogens (tertiary/aromatic N) is 1. The van der Waals surface area contributed by atoms with E-state index in [0.29, 0.717) is 18.7 Å². The first-order valence-corrected chi connectivity index (χ1v) is 6.68. The number of piperidine rings is 1. The Labute approximate surface area is 118 Å². The van der Waals surface area contributed by atoms with E-state index in [2.05, 4.69) is 0 Å². The molecular weight excluding hydrogens is 258 g/mol. The van der Waals surface area contributed by atoms with Crippen LogP contribution in [-0.2, 0) is 4.74 Å². The van der Waals surface area contributed by atoms with Crippen LogP contribution in [0.3, 0.4) is 0 Å². The Hall–Kier alpha value is -1.88. The zero-order valence-corrected chi connectivity index (χ0v) is 11.8. The van der Waals surface area contributed by atoms with Crippen LogP contribution in [0.2, 0.25) is 0 Å². The molecule has 0 bridgehead atoms. The molecule has 0 aliphatic carbocycles. The monoisotopic (exact) mass is 277 g/mol. The lowest BCUT2D eigenvalue weighted by atomic mass is 10.0. The summed E-state index contributed by atoms with van der Waals surface area (Å²) in [5.41, 5.74) is 1.35. The topological polar surface area (TPSA) is 66.8 Å². The van der Waals surface area contributed by atoms with Crippen LogP contribution in [-0.4, -0.2) is 48.2 Å². The lowest BCUT2D eigenvalue weighted by molar-refractivity contribution is 0.0269. The van der Waals surface area contributed by atoms with Crippen LogP contribution in [0.1, 0.15) is 39.1 Å². The number of hydrogen-bond donors (Lipinski definition) is 1. The van der Waals surface area contributed by atoms with E-state index in [1.807, 2.05) is 0 Å². The lowest BCUT2D eigenvalue weighted by Gasteiger charge is -2.32. The fourth-order valence-corrected chi connectivity index (χ4v) is 2.53. The molecule has 5 heteroatoms. The summed E-state index contributed by atoms with van der Waals surface area (Å²) in [4.78, 5) is 25.3. The zero-order valence-electron chi connectivity index (χ0n) is 11.8. The number of rotatable bonds is 3. The molecule has 1 aromatic carbocycles. The molecule has 0 radical (unpaired) electrons. The second-order valence-electron chi connectivity index (χ2n) is 5.14. The fraction of sp³-hybridized carbons (Fsp3) is 0.467. The summed E-state index contributed by atoms with van der Waals surface area (Å²) in [6.07, 6.45) is 1.92. The largest absolute Gasteiger partial charge is 0.478 e. The summed E-state index contributed by atoms with van der Waals surface area (Å²) in [6, 6.07) is 4.73. The van der Waals surface area contributed by atoms with E-state index < -0.39 is 5.97 Å². The molecule has 1 fully saturated rings. The molecule has 1 atom stereocenters. The Bertz CT molecular complexity index is 527. The minimum absolute atomic E-state index is 0.0662. The van der Waals surface area contributed by atoms with Gasteiger partial charge in [0.25, 0.3) is 5.91 Å². The molecule has 0 saturated carbocycles.